The summed E-state index contributed by atoms with van der Waals surface area (Å²) in [4.78, 5) is 30.2. The number of morpholine rings is 1. The first-order chi connectivity index (χ1) is 11.6. The summed E-state index contributed by atoms with van der Waals surface area (Å²) in [7, 11) is 0. The summed E-state index contributed by atoms with van der Waals surface area (Å²) in [6, 6.07) is 3.64. The first kappa shape index (κ1) is 16.9. The third kappa shape index (κ3) is 4.10. The summed E-state index contributed by atoms with van der Waals surface area (Å²) >= 11 is 0. The molecule has 1 aromatic rings. The molecule has 2 fully saturated rings. The molecule has 7 nitrogen and oxygen atoms in total. The van der Waals surface area contributed by atoms with Crippen molar-refractivity contribution in [2.45, 2.75) is 25.9 Å². The Morgan fingerprint density at radius 3 is 2.92 bits per heavy atom. The highest BCUT2D eigenvalue weighted by Gasteiger charge is 2.31. The van der Waals surface area contributed by atoms with Gasteiger partial charge in [0.25, 0.3) is 0 Å². The lowest BCUT2D eigenvalue weighted by atomic mass is 10.0. The van der Waals surface area contributed by atoms with Crippen LogP contribution < -0.4 is 15.5 Å². The molecule has 2 atom stereocenters. The molecule has 2 saturated heterocycles. The molecule has 0 radical (unpaired) electrons. The van der Waals surface area contributed by atoms with Gasteiger partial charge in [-0.3, -0.25) is 9.59 Å². The highest BCUT2D eigenvalue weighted by Crippen LogP contribution is 2.16. The fourth-order valence-corrected chi connectivity index (χ4v) is 3.09. The highest BCUT2D eigenvalue weighted by molar-refractivity contribution is 5.85. The SMILES string of the molecule is CC(=O)C1CNC(C(=O)NCc2ccnc(N3CCOCC3)c2)C1. The zero-order valence-electron chi connectivity index (χ0n) is 14.0. The van der Waals surface area contributed by atoms with E-state index in [0.717, 1.165) is 24.5 Å². The van der Waals surface area contributed by atoms with Crippen molar-refractivity contribution in [1.82, 2.24) is 15.6 Å². The number of ether oxygens (including phenoxy) is 1. The number of carbonyl (C=O) groups is 2. The van der Waals surface area contributed by atoms with Crippen molar-refractivity contribution in [1.29, 1.82) is 0 Å². The van der Waals surface area contributed by atoms with Crippen molar-refractivity contribution >= 4 is 17.5 Å². The van der Waals surface area contributed by atoms with Crippen LogP contribution in [0.1, 0.15) is 18.9 Å². The van der Waals surface area contributed by atoms with Crippen LogP contribution in [0.5, 0.6) is 0 Å². The third-order valence-corrected chi connectivity index (χ3v) is 4.63. The summed E-state index contributed by atoms with van der Waals surface area (Å²) in [5, 5.41) is 6.07. The molecule has 3 heterocycles. The van der Waals surface area contributed by atoms with E-state index in [-0.39, 0.29) is 23.7 Å². The van der Waals surface area contributed by atoms with Gasteiger partial charge >= 0.3 is 0 Å². The molecular weight excluding hydrogens is 308 g/mol. The largest absolute Gasteiger partial charge is 0.378 e. The van der Waals surface area contributed by atoms with Crippen LogP contribution in [0.15, 0.2) is 18.3 Å². The van der Waals surface area contributed by atoms with Crippen LogP contribution in [0.3, 0.4) is 0 Å². The molecule has 2 N–H and O–H groups in total. The van der Waals surface area contributed by atoms with Crippen molar-refractivity contribution < 1.29 is 14.3 Å². The number of rotatable bonds is 5. The van der Waals surface area contributed by atoms with E-state index in [1.165, 1.54) is 0 Å². The van der Waals surface area contributed by atoms with Crippen molar-refractivity contribution in [3.8, 4) is 0 Å². The zero-order chi connectivity index (χ0) is 16.9. The van der Waals surface area contributed by atoms with Crippen LogP contribution in [0.4, 0.5) is 5.82 Å². The molecule has 3 rings (SSSR count). The molecular formula is C17H24N4O3. The monoisotopic (exact) mass is 332 g/mol. The van der Waals surface area contributed by atoms with Gasteiger partial charge in [-0.2, -0.15) is 0 Å². The van der Waals surface area contributed by atoms with Gasteiger partial charge in [-0.1, -0.05) is 0 Å². The van der Waals surface area contributed by atoms with Crippen LogP contribution in [0.25, 0.3) is 0 Å². The molecule has 0 aliphatic carbocycles. The molecule has 0 bridgehead atoms. The maximum Gasteiger partial charge on any atom is 0.237 e. The molecule has 1 amide bonds. The Morgan fingerprint density at radius 2 is 2.21 bits per heavy atom. The third-order valence-electron chi connectivity index (χ3n) is 4.63. The summed E-state index contributed by atoms with van der Waals surface area (Å²) in [5.74, 6) is 0.959. The number of Topliss-reactive ketones (excluding diaryl/α,β-unsaturated/α-hetero) is 1. The lowest BCUT2D eigenvalue weighted by molar-refractivity contribution is -0.123. The number of amides is 1. The first-order valence-corrected chi connectivity index (χ1v) is 8.42. The average Bonchev–Trinajstić information content (AvgIpc) is 3.11. The van der Waals surface area contributed by atoms with Gasteiger partial charge in [0.1, 0.15) is 11.6 Å². The number of nitrogens with zero attached hydrogens (tertiary/aromatic N) is 2. The Kier molecular flexibility index (Phi) is 5.42. The van der Waals surface area contributed by atoms with Crippen LogP contribution in [-0.4, -0.2) is 55.6 Å². The maximum absolute atomic E-state index is 12.2. The minimum absolute atomic E-state index is 0.0467. The minimum atomic E-state index is -0.278. The van der Waals surface area contributed by atoms with Crippen LogP contribution >= 0.6 is 0 Å². The summed E-state index contributed by atoms with van der Waals surface area (Å²) < 4.78 is 5.36. The Morgan fingerprint density at radius 1 is 1.42 bits per heavy atom. The lowest BCUT2D eigenvalue weighted by Gasteiger charge is -2.28. The lowest BCUT2D eigenvalue weighted by Crippen LogP contribution is -2.40. The van der Waals surface area contributed by atoms with Crippen molar-refractivity contribution in [3.63, 3.8) is 0 Å². The molecule has 0 spiro atoms. The van der Waals surface area contributed by atoms with Crippen LogP contribution in [0, 0.1) is 5.92 Å². The fourth-order valence-electron chi connectivity index (χ4n) is 3.09. The summed E-state index contributed by atoms with van der Waals surface area (Å²) in [5.41, 5.74) is 1.01. The first-order valence-electron chi connectivity index (χ1n) is 8.42. The molecule has 24 heavy (non-hydrogen) atoms. The number of pyridine rings is 1. The molecule has 2 aliphatic rings. The molecule has 130 valence electrons. The smallest absolute Gasteiger partial charge is 0.237 e. The molecule has 1 aromatic heterocycles. The van der Waals surface area contributed by atoms with Gasteiger partial charge < -0.3 is 20.3 Å². The van der Waals surface area contributed by atoms with Crippen molar-refractivity contribution in [2.24, 2.45) is 5.92 Å². The van der Waals surface area contributed by atoms with Gasteiger partial charge in [0, 0.05) is 38.3 Å². The Bertz CT molecular complexity index is 601. The summed E-state index contributed by atoms with van der Waals surface area (Å²) in [6.07, 6.45) is 2.35. The molecule has 2 aliphatic heterocycles. The zero-order valence-corrected chi connectivity index (χ0v) is 14.0. The van der Waals surface area contributed by atoms with E-state index < -0.39 is 0 Å². The van der Waals surface area contributed by atoms with Gasteiger partial charge in [-0.05, 0) is 31.0 Å². The molecule has 0 saturated carbocycles. The van der Waals surface area contributed by atoms with E-state index in [4.69, 9.17) is 4.74 Å². The number of carbonyl (C=O) groups excluding carboxylic acids is 2. The number of aromatic nitrogens is 1. The van der Waals surface area contributed by atoms with Gasteiger partial charge in [-0.25, -0.2) is 4.98 Å². The number of anilines is 1. The topological polar surface area (TPSA) is 83.6 Å². The van der Waals surface area contributed by atoms with E-state index in [0.29, 0.717) is 32.7 Å². The van der Waals surface area contributed by atoms with E-state index in [9.17, 15) is 9.59 Å². The van der Waals surface area contributed by atoms with Gasteiger partial charge in [0.15, 0.2) is 0 Å². The number of nitrogens with one attached hydrogen (secondary N) is 2. The van der Waals surface area contributed by atoms with E-state index in [2.05, 4.69) is 20.5 Å². The standard InChI is InChI=1S/C17H24N4O3/c1-12(22)14-9-15(19-11-14)17(23)20-10-13-2-3-18-16(8-13)21-4-6-24-7-5-21/h2-3,8,14-15,19H,4-7,9-11H2,1H3,(H,20,23). The van der Waals surface area contributed by atoms with E-state index in [1.54, 1.807) is 13.1 Å². The second-order valence-corrected chi connectivity index (χ2v) is 6.34. The Labute approximate surface area is 141 Å². The number of ketones is 1. The Balaban J connectivity index is 1.53. The predicted molar refractivity (Wildman–Crippen MR) is 89.7 cm³/mol. The second kappa shape index (κ2) is 7.72. The Hall–Kier alpha value is -1.99. The van der Waals surface area contributed by atoms with Crippen LogP contribution in [0.2, 0.25) is 0 Å². The van der Waals surface area contributed by atoms with Gasteiger partial charge in [-0.15, -0.1) is 0 Å². The normalized spacial score (nSPS) is 24.0. The molecule has 2 unspecified atom stereocenters. The van der Waals surface area contributed by atoms with Crippen molar-refractivity contribution in [3.05, 3.63) is 23.9 Å². The van der Waals surface area contributed by atoms with Crippen LogP contribution in [-0.2, 0) is 20.9 Å². The number of hydrogen-bond acceptors (Lipinski definition) is 6. The molecule has 0 aromatic carbocycles. The average molecular weight is 332 g/mol. The van der Waals surface area contributed by atoms with E-state index >= 15 is 0 Å². The summed E-state index contributed by atoms with van der Waals surface area (Å²) in [6.45, 7) is 5.73. The maximum atomic E-state index is 12.2. The molecule has 7 heteroatoms. The second-order valence-electron chi connectivity index (χ2n) is 6.34. The quantitative estimate of drug-likeness (QED) is 0.796. The highest BCUT2D eigenvalue weighted by atomic mass is 16.5. The minimum Gasteiger partial charge on any atom is -0.378 e. The predicted octanol–water partition coefficient (Wildman–Crippen LogP) is 0.102. The van der Waals surface area contributed by atoms with Crippen molar-refractivity contribution in [2.75, 3.05) is 37.7 Å². The fraction of sp³-hybridized carbons (Fsp3) is 0.588. The van der Waals surface area contributed by atoms with Gasteiger partial charge in [0.2, 0.25) is 5.91 Å². The van der Waals surface area contributed by atoms with E-state index in [1.807, 2.05) is 12.1 Å². The number of hydrogen-bond donors (Lipinski definition) is 2. The van der Waals surface area contributed by atoms with Gasteiger partial charge in [0.05, 0.1) is 19.3 Å².